The normalized spacial score (nSPS) is 42.3. The molecule has 0 fully saturated rings. The molecule has 1 rings (SSSR count). The lowest BCUT2D eigenvalue weighted by Crippen LogP contribution is -2.24. The molecule has 1 unspecified atom stereocenters. The van der Waals surface area contributed by atoms with Crippen LogP contribution in [0.15, 0.2) is 12.3 Å². The van der Waals surface area contributed by atoms with Gasteiger partial charge in [-0.15, -0.1) is 0 Å². The minimum Gasteiger partial charge on any atom is -0.498 e. The van der Waals surface area contributed by atoms with Crippen LogP contribution < -0.4 is 0 Å². The van der Waals surface area contributed by atoms with E-state index in [1.54, 1.807) is 0 Å². The third kappa shape index (κ3) is 1.26. The van der Waals surface area contributed by atoms with Crippen molar-refractivity contribution < 1.29 is 4.74 Å². The maximum atomic E-state index is 5.28. The van der Waals surface area contributed by atoms with Crippen molar-refractivity contribution in [1.29, 1.82) is 0 Å². The van der Waals surface area contributed by atoms with Gasteiger partial charge in [0.05, 0.1) is 12.4 Å². The van der Waals surface area contributed by atoms with E-state index in [1.165, 1.54) is 0 Å². The van der Waals surface area contributed by atoms with E-state index in [2.05, 4.69) is 26.8 Å². The Kier molecular flexibility index (Phi) is 1.79. The highest BCUT2D eigenvalue weighted by atomic mass is 16.5. The molecule has 0 N–H and O–H groups in total. The molecule has 0 aromatic rings. The first-order valence-corrected chi connectivity index (χ1v) is 3.54. The molecular weight excluding hydrogens is 112 g/mol. The van der Waals surface area contributed by atoms with Gasteiger partial charge < -0.3 is 4.74 Å². The van der Waals surface area contributed by atoms with Crippen molar-refractivity contribution in [3.63, 3.8) is 0 Å². The van der Waals surface area contributed by atoms with Crippen molar-refractivity contribution in [2.45, 2.75) is 26.9 Å². The second-order valence-corrected chi connectivity index (χ2v) is 2.89. The first-order chi connectivity index (χ1) is 4.22. The van der Waals surface area contributed by atoms with Gasteiger partial charge in [0.2, 0.25) is 0 Å². The summed E-state index contributed by atoms with van der Waals surface area (Å²) in [6, 6.07) is 0. The van der Waals surface area contributed by atoms with Crippen LogP contribution in [0.3, 0.4) is 0 Å². The fraction of sp³-hybridized carbons (Fsp3) is 0.750. The van der Waals surface area contributed by atoms with Gasteiger partial charge in [0, 0.05) is 0 Å². The molecule has 1 nitrogen and oxygen atoms in total. The summed E-state index contributed by atoms with van der Waals surface area (Å²) in [7, 11) is 0. The number of rotatable bonds is 0. The first-order valence-electron chi connectivity index (χ1n) is 3.54. The summed E-state index contributed by atoms with van der Waals surface area (Å²) >= 11 is 0. The Labute approximate surface area is 56.7 Å². The van der Waals surface area contributed by atoms with Crippen LogP contribution in [-0.2, 0) is 4.74 Å². The van der Waals surface area contributed by atoms with Gasteiger partial charge in [-0.1, -0.05) is 13.8 Å². The van der Waals surface area contributed by atoms with Gasteiger partial charge in [-0.25, -0.2) is 0 Å². The summed E-state index contributed by atoms with van der Waals surface area (Å²) in [5.74, 6) is 1.34. The summed E-state index contributed by atoms with van der Waals surface area (Å²) in [6.07, 6.45) is 4.32. The predicted molar refractivity (Wildman–Crippen MR) is 38.0 cm³/mol. The van der Waals surface area contributed by atoms with Crippen molar-refractivity contribution in [2.75, 3.05) is 0 Å². The zero-order valence-electron chi connectivity index (χ0n) is 6.29. The molecule has 1 heteroatoms. The molecule has 0 spiro atoms. The zero-order chi connectivity index (χ0) is 6.85. The largest absolute Gasteiger partial charge is 0.498 e. The van der Waals surface area contributed by atoms with Crippen molar-refractivity contribution >= 4 is 0 Å². The summed E-state index contributed by atoms with van der Waals surface area (Å²) in [6.45, 7) is 6.56. The molecule has 52 valence electrons. The molecule has 0 radical (unpaired) electrons. The van der Waals surface area contributed by atoms with E-state index < -0.39 is 0 Å². The van der Waals surface area contributed by atoms with Crippen LogP contribution in [0.1, 0.15) is 20.8 Å². The minimum absolute atomic E-state index is 0.394. The molecule has 3 atom stereocenters. The average Bonchev–Trinajstić information content (AvgIpc) is 1.83. The number of hydrogen-bond acceptors (Lipinski definition) is 1. The number of hydrogen-bond donors (Lipinski definition) is 0. The van der Waals surface area contributed by atoms with Gasteiger partial charge in [-0.2, -0.15) is 0 Å². The molecule has 0 aliphatic carbocycles. The molecule has 9 heavy (non-hydrogen) atoms. The maximum absolute atomic E-state index is 5.28. The number of ether oxygens (including phenoxy) is 1. The molecular formula is C8H14O. The van der Waals surface area contributed by atoms with Crippen molar-refractivity contribution in [2.24, 2.45) is 11.8 Å². The Balaban J connectivity index is 2.58. The van der Waals surface area contributed by atoms with Gasteiger partial charge in [0.1, 0.15) is 0 Å². The van der Waals surface area contributed by atoms with Crippen molar-refractivity contribution in [1.82, 2.24) is 0 Å². The molecule has 1 heterocycles. The second-order valence-electron chi connectivity index (χ2n) is 2.89. The highest BCUT2D eigenvalue weighted by molar-refractivity contribution is 4.90. The fourth-order valence-electron chi connectivity index (χ4n) is 1.02. The average molecular weight is 126 g/mol. The van der Waals surface area contributed by atoms with E-state index in [-0.39, 0.29) is 0 Å². The highest BCUT2D eigenvalue weighted by Crippen LogP contribution is 2.22. The van der Waals surface area contributed by atoms with Crippen LogP contribution in [-0.4, -0.2) is 6.10 Å². The van der Waals surface area contributed by atoms with Crippen LogP contribution in [0, 0.1) is 11.8 Å². The van der Waals surface area contributed by atoms with Crippen LogP contribution in [0.2, 0.25) is 0 Å². The minimum atomic E-state index is 0.394. The fourth-order valence-corrected chi connectivity index (χ4v) is 1.02. The SMILES string of the molecule is CC1OC=C[C@@H](C)[C@@H]1C. The molecule has 0 amide bonds. The Morgan fingerprint density at radius 2 is 1.89 bits per heavy atom. The standard InChI is InChI=1S/C8H14O/c1-6-4-5-9-8(3)7(6)2/h4-8H,1-3H3/t6-,7+,8?/m1/s1. The van der Waals surface area contributed by atoms with E-state index in [1.807, 2.05) is 6.26 Å². The lowest BCUT2D eigenvalue weighted by Gasteiger charge is -2.27. The monoisotopic (exact) mass is 126 g/mol. The number of allylic oxidation sites excluding steroid dienone is 1. The van der Waals surface area contributed by atoms with Crippen LogP contribution in [0.25, 0.3) is 0 Å². The van der Waals surface area contributed by atoms with E-state index in [9.17, 15) is 0 Å². The van der Waals surface area contributed by atoms with E-state index >= 15 is 0 Å². The highest BCUT2D eigenvalue weighted by Gasteiger charge is 2.20. The van der Waals surface area contributed by atoms with Gasteiger partial charge >= 0.3 is 0 Å². The third-order valence-corrected chi connectivity index (χ3v) is 2.25. The van der Waals surface area contributed by atoms with Crippen LogP contribution in [0.5, 0.6) is 0 Å². The molecule has 1 aliphatic rings. The van der Waals surface area contributed by atoms with Crippen LogP contribution >= 0.6 is 0 Å². The van der Waals surface area contributed by atoms with E-state index in [0.717, 1.165) is 0 Å². The molecule has 0 bridgehead atoms. The molecule has 0 saturated heterocycles. The Hall–Kier alpha value is -0.460. The van der Waals surface area contributed by atoms with Crippen LogP contribution in [0.4, 0.5) is 0 Å². The smallest absolute Gasteiger partial charge is 0.0981 e. The van der Waals surface area contributed by atoms with Crippen molar-refractivity contribution in [3.05, 3.63) is 12.3 Å². The Morgan fingerprint density at radius 1 is 1.22 bits per heavy atom. The summed E-state index contributed by atoms with van der Waals surface area (Å²) < 4.78 is 5.28. The summed E-state index contributed by atoms with van der Waals surface area (Å²) in [5.41, 5.74) is 0. The maximum Gasteiger partial charge on any atom is 0.0981 e. The third-order valence-electron chi connectivity index (χ3n) is 2.25. The van der Waals surface area contributed by atoms with Gasteiger partial charge in [0.25, 0.3) is 0 Å². The lowest BCUT2D eigenvalue weighted by molar-refractivity contribution is 0.0742. The van der Waals surface area contributed by atoms with Gasteiger partial charge in [-0.3, -0.25) is 0 Å². The Bertz CT molecular complexity index is 118. The van der Waals surface area contributed by atoms with E-state index in [0.29, 0.717) is 17.9 Å². The first kappa shape index (κ1) is 6.66. The molecule has 0 aromatic carbocycles. The Morgan fingerprint density at radius 3 is 2.33 bits per heavy atom. The topological polar surface area (TPSA) is 9.23 Å². The molecule has 1 aliphatic heterocycles. The lowest BCUT2D eigenvalue weighted by atomic mass is 9.90. The van der Waals surface area contributed by atoms with Gasteiger partial charge in [-0.05, 0) is 24.8 Å². The van der Waals surface area contributed by atoms with Gasteiger partial charge in [0.15, 0.2) is 0 Å². The van der Waals surface area contributed by atoms with Crippen molar-refractivity contribution in [3.8, 4) is 0 Å². The molecule has 0 saturated carbocycles. The zero-order valence-corrected chi connectivity index (χ0v) is 6.29. The van der Waals surface area contributed by atoms with E-state index in [4.69, 9.17) is 4.74 Å². The molecule has 0 aromatic heterocycles. The second kappa shape index (κ2) is 2.42. The quantitative estimate of drug-likeness (QED) is 0.483. The summed E-state index contributed by atoms with van der Waals surface area (Å²) in [5, 5.41) is 0. The predicted octanol–water partition coefficient (Wildman–Crippen LogP) is 2.19. The summed E-state index contributed by atoms with van der Waals surface area (Å²) in [4.78, 5) is 0.